The molecule has 1 aliphatic rings. The van der Waals surface area contributed by atoms with Crippen molar-refractivity contribution >= 4 is 22.6 Å². The Kier molecular flexibility index (Phi) is 3.88. The van der Waals surface area contributed by atoms with Gasteiger partial charge in [-0.3, -0.25) is 0 Å². The van der Waals surface area contributed by atoms with Crippen LogP contribution in [0, 0.1) is 11.6 Å². The van der Waals surface area contributed by atoms with E-state index in [1.807, 2.05) is 4.57 Å². The fraction of sp³-hybridized carbons (Fsp3) is 0.533. The molecule has 3 nitrogen and oxygen atoms in total. The third kappa shape index (κ3) is 2.53. The highest BCUT2D eigenvalue weighted by Crippen LogP contribution is 2.35. The van der Waals surface area contributed by atoms with Gasteiger partial charge < -0.3 is 9.30 Å². The van der Waals surface area contributed by atoms with Gasteiger partial charge in [-0.1, -0.05) is 0 Å². The Balaban J connectivity index is 2.24. The van der Waals surface area contributed by atoms with Gasteiger partial charge in [-0.25, -0.2) is 13.8 Å². The fourth-order valence-electron chi connectivity index (χ4n) is 3.04. The van der Waals surface area contributed by atoms with Gasteiger partial charge in [0, 0.05) is 37.1 Å². The molecule has 1 aromatic heterocycles. The lowest BCUT2D eigenvalue weighted by Crippen LogP contribution is -2.37. The number of alkyl halides is 1. The topological polar surface area (TPSA) is 27.1 Å². The minimum atomic E-state index is -0.629. The lowest BCUT2D eigenvalue weighted by Gasteiger charge is -2.36. The molecule has 0 amide bonds. The Morgan fingerprint density at radius 1 is 1.33 bits per heavy atom. The summed E-state index contributed by atoms with van der Waals surface area (Å²) >= 11 is 5.85. The number of hydrogen-bond acceptors (Lipinski definition) is 2. The lowest BCUT2D eigenvalue weighted by molar-refractivity contribution is 0.0301. The smallest absolute Gasteiger partial charge is 0.153 e. The van der Waals surface area contributed by atoms with E-state index < -0.39 is 11.6 Å². The van der Waals surface area contributed by atoms with Gasteiger partial charge in [0.1, 0.15) is 17.2 Å². The number of aromatic nitrogens is 2. The molecule has 1 aromatic carbocycles. The summed E-state index contributed by atoms with van der Waals surface area (Å²) in [7, 11) is 0. The number of hydrogen-bond donors (Lipinski definition) is 0. The molecule has 0 N–H and O–H groups in total. The van der Waals surface area contributed by atoms with E-state index in [1.165, 1.54) is 6.07 Å². The quantitative estimate of drug-likeness (QED) is 0.809. The number of ether oxygens (including phenoxy) is 1. The zero-order valence-electron chi connectivity index (χ0n) is 11.8. The maximum atomic E-state index is 14.0. The molecule has 1 fully saturated rings. The molecule has 0 bridgehead atoms. The third-order valence-corrected chi connectivity index (χ3v) is 4.36. The van der Waals surface area contributed by atoms with Crippen LogP contribution in [0.25, 0.3) is 11.0 Å². The number of imidazole rings is 1. The molecular formula is C15H17ClF2N2O. The molecule has 1 aliphatic heterocycles. The van der Waals surface area contributed by atoms with Crippen LogP contribution in [0.15, 0.2) is 12.1 Å². The zero-order valence-corrected chi connectivity index (χ0v) is 12.6. The number of benzene rings is 1. The maximum absolute atomic E-state index is 14.0. The molecule has 0 aliphatic carbocycles. The summed E-state index contributed by atoms with van der Waals surface area (Å²) < 4.78 is 35.0. The number of aryl methyl sites for hydroxylation is 1. The summed E-state index contributed by atoms with van der Waals surface area (Å²) in [6.45, 7) is 3.35. The Labute approximate surface area is 126 Å². The second kappa shape index (κ2) is 5.54. The van der Waals surface area contributed by atoms with Gasteiger partial charge in [0.25, 0.3) is 0 Å². The molecule has 114 valence electrons. The van der Waals surface area contributed by atoms with E-state index in [0.717, 1.165) is 18.9 Å². The first-order valence-corrected chi connectivity index (χ1v) is 7.59. The van der Waals surface area contributed by atoms with Crippen molar-refractivity contribution in [1.82, 2.24) is 9.55 Å². The summed E-state index contributed by atoms with van der Waals surface area (Å²) in [5, 5.41) is 0. The average Bonchev–Trinajstić information content (AvgIpc) is 2.79. The van der Waals surface area contributed by atoms with Crippen LogP contribution in [0.4, 0.5) is 8.78 Å². The average molecular weight is 315 g/mol. The minimum Gasteiger partial charge on any atom is -0.381 e. The summed E-state index contributed by atoms with van der Waals surface area (Å²) in [6.07, 6.45) is 2.09. The van der Waals surface area contributed by atoms with Crippen molar-refractivity contribution in [3.63, 3.8) is 0 Å². The van der Waals surface area contributed by atoms with Crippen molar-refractivity contribution in [2.45, 2.75) is 31.7 Å². The highest BCUT2D eigenvalue weighted by atomic mass is 35.5. The Hall–Kier alpha value is -1.20. The molecule has 0 atom stereocenters. The minimum absolute atomic E-state index is 0.212. The Morgan fingerprint density at radius 3 is 2.71 bits per heavy atom. The number of rotatable bonds is 3. The van der Waals surface area contributed by atoms with Crippen molar-refractivity contribution in [3.8, 4) is 0 Å². The normalized spacial score (nSPS) is 18.3. The number of nitrogens with zero attached hydrogens (tertiary/aromatic N) is 2. The first-order valence-electron chi connectivity index (χ1n) is 7.06. The van der Waals surface area contributed by atoms with Gasteiger partial charge in [-0.2, -0.15) is 0 Å². The fourth-order valence-corrected chi connectivity index (χ4v) is 3.21. The van der Waals surface area contributed by atoms with E-state index in [1.54, 1.807) is 0 Å². The van der Waals surface area contributed by atoms with E-state index in [-0.39, 0.29) is 11.1 Å². The van der Waals surface area contributed by atoms with Gasteiger partial charge in [0.2, 0.25) is 0 Å². The van der Waals surface area contributed by atoms with Crippen LogP contribution in [0.1, 0.15) is 25.6 Å². The number of halogens is 3. The second-order valence-corrected chi connectivity index (χ2v) is 6.05. The summed E-state index contributed by atoms with van der Waals surface area (Å²) in [4.78, 5) is 4.36. The van der Waals surface area contributed by atoms with Crippen LogP contribution in [0.2, 0.25) is 0 Å². The van der Waals surface area contributed by atoms with Crippen LogP contribution in [-0.2, 0) is 16.7 Å². The van der Waals surface area contributed by atoms with Crippen molar-refractivity contribution in [3.05, 3.63) is 29.6 Å². The molecule has 0 saturated carbocycles. The summed E-state index contributed by atoms with van der Waals surface area (Å²) in [5.41, 5.74) is 0.454. The van der Waals surface area contributed by atoms with Crippen LogP contribution >= 0.6 is 11.6 Å². The van der Waals surface area contributed by atoms with Crippen LogP contribution in [0.3, 0.4) is 0 Å². The Morgan fingerprint density at radius 2 is 2.05 bits per heavy atom. The van der Waals surface area contributed by atoms with Gasteiger partial charge in [-0.15, -0.1) is 11.6 Å². The van der Waals surface area contributed by atoms with Gasteiger partial charge >= 0.3 is 0 Å². The van der Waals surface area contributed by atoms with E-state index in [9.17, 15) is 8.78 Å². The molecule has 3 rings (SSSR count). The predicted molar refractivity (Wildman–Crippen MR) is 77.8 cm³/mol. The molecule has 1 saturated heterocycles. The molecule has 6 heteroatoms. The standard InChI is InChI=1S/C15H17ClF2N2O/c1-15(3-6-21-7-4-15)20-12-9-10(17)8-11(18)14(12)19-13(20)2-5-16/h8-9H,2-7H2,1H3. The van der Waals surface area contributed by atoms with E-state index in [2.05, 4.69) is 11.9 Å². The first kappa shape index (κ1) is 14.7. The lowest BCUT2D eigenvalue weighted by atomic mass is 9.91. The monoisotopic (exact) mass is 314 g/mol. The Bertz CT molecular complexity index is 665. The number of fused-ring (bicyclic) bond motifs is 1. The van der Waals surface area contributed by atoms with Crippen molar-refractivity contribution in [1.29, 1.82) is 0 Å². The molecule has 0 spiro atoms. The highest BCUT2D eigenvalue weighted by Gasteiger charge is 2.33. The SMILES string of the molecule is CC1(n2c(CCCl)nc3c(F)cc(F)cc32)CCOCC1. The third-order valence-electron chi connectivity index (χ3n) is 4.18. The molecule has 2 heterocycles. The maximum Gasteiger partial charge on any atom is 0.153 e. The van der Waals surface area contributed by atoms with Gasteiger partial charge in [0.15, 0.2) is 5.82 Å². The van der Waals surface area contributed by atoms with Crippen LogP contribution in [0.5, 0.6) is 0 Å². The summed E-state index contributed by atoms with van der Waals surface area (Å²) in [6, 6.07) is 2.22. The largest absolute Gasteiger partial charge is 0.381 e. The highest BCUT2D eigenvalue weighted by molar-refractivity contribution is 6.17. The summed E-state index contributed by atoms with van der Waals surface area (Å²) in [5.74, 6) is -0.127. The van der Waals surface area contributed by atoms with E-state index in [0.29, 0.717) is 36.9 Å². The van der Waals surface area contributed by atoms with Crippen LogP contribution in [-0.4, -0.2) is 28.6 Å². The van der Waals surface area contributed by atoms with Gasteiger partial charge in [-0.05, 0) is 25.8 Å². The van der Waals surface area contributed by atoms with Gasteiger partial charge in [0.05, 0.1) is 5.52 Å². The van der Waals surface area contributed by atoms with E-state index in [4.69, 9.17) is 16.3 Å². The van der Waals surface area contributed by atoms with Crippen LogP contribution < -0.4 is 0 Å². The van der Waals surface area contributed by atoms with Crippen molar-refractivity contribution in [2.24, 2.45) is 0 Å². The zero-order chi connectivity index (χ0) is 15.0. The molecule has 2 aromatic rings. The van der Waals surface area contributed by atoms with Crippen molar-refractivity contribution in [2.75, 3.05) is 19.1 Å². The molecule has 0 radical (unpaired) electrons. The molecule has 21 heavy (non-hydrogen) atoms. The molecule has 0 unspecified atom stereocenters. The van der Waals surface area contributed by atoms with E-state index >= 15 is 0 Å². The first-order chi connectivity index (χ1) is 10.0. The van der Waals surface area contributed by atoms with Crippen molar-refractivity contribution < 1.29 is 13.5 Å². The predicted octanol–water partition coefficient (Wildman–Crippen LogP) is 3.62. The molecular weight excluding hydrogens is 298 g/mol. The second-order valence-electron chi connectivity index (χ2n) is 5.67.